The van der Waals surface area contributed by atoms with E-state index in [-0.39, 0.29) is 17.9 Å². The first-order chi connectivity index (χ1) is 10.7. The van der Waals surface area contributed by atoms with Gasteiger partial charge < -0.3 is 14.1 Å². The Morgan fingerprint density at radius 2 is 2.32 bits per heavy atom. The smallest absolute Gasteiger partial charge is 0.314 e. The second kappa shape index (κ2) is 5.99. The third kappa shape index (κ3) is 2.34. The van der Waals surface area contributed by atoms with Crippen LogP contribution in [0.25, 0.3) is 0 Å². The van der Waals surface area contributed by atoms with Gasteiger partial charge in [-0.3, -0.25) is 9.59 Å². The summed E-state index contributed by atoms with van der Waals surface area (Å²) in [6, 6.07) is 3.24. The lowest BCUT2D eigenvalue weighted by Crippen LogP contribution is -2.50. The highest BCUT2D eigenvalue weighted by Crippen LogP contribution is 2.47. The van der Waals surface area contributed by atoms with Crippen LogP contribution in [0.1, 0.15) is 43.2 Å². The van der Waals surface area contributed by atoms with Crippen molar-refractivity contribution in [2.45, 2.75) is 38.6 Å². The maximum absolute atomic E-state index is 12.7. The molecule has 118 valence electrons. The second-order valence-corrected chi connectivity index (χ2v) is 5.89. The lowest BCUT2D eigenvalue weighted by atomic mass is 9.79. The summed E-state index contributed by atoms with van der Waals surface area (Å²) >= 11 is 0. The largest absolute Gasteiger partial charge is 0.465 e. The second-order valence-electron chi connectivity index (χ2n) is 5.89. The van der Waals surface area contributed by atoms with Crippen LogP contribution >= 0.6 is 0 Å². The SMILES string of the molecule is CCOC(=O)[C@@]12CC=CCN(C(=O)c3ccco3)[C@@H]1CCC2. The Kier molecular flexibility index (Phi) is 4.05. The van der Waals surface area contributed by atoms with E-state index >= 15 is 0 Å². The maximum Gasteiger partial charge on any atom is 0.314 e. The number of amides is 1. The predicted octanol–water partition coefficient (Wildman–Crippen LogP) is 2.78. The van der Waals surface area contributed by atoms with E-state index in [9.17, 15) is 9.59 Å². The van der Waals surface area contributed by atoms with Crippen LogP contribution in [-0.4, -0.2) is 36.0 Å². The monoisotopic (exact) mass is 303 g/mol. The number of carbonyl (C=O) groups is 2. The van der Waals surface area contributed by atoms with Crippen LogP contribution in [0, 0.1) is 5.41 Å². The van der Waals surface area contributed by atoms with Crippen molar-refractivity contribution in [3.63, 3.8) is 0 Å². The number of allylic oxidation sites excluding steroid dienone is 1. The van der Waals surface area contributed by atoms with Crippen molar-refractivity contribution in [1.82, 2.24) is 4.90 Å². The molecule has 1 amide bonds. The number of fused-ring (bicyclic) bond motifs is 1. The van der Waals surface area contributed by atoms with E-state index in [2.05, 4.69) is 0 Å². The molecule has 3 rings (SSSR count). The van der Waals surface area contributed by atoms with Gasteiger partial charge in [-0.2, -0.15) is 0 Å². The molecule has 2 heterocycles. The third-order valence-electron chi connectivity index (χ3n) is 4.74. The van der Waals surface area contributed by atoms with Gasteiger partial charge in [-0.15, -0.1) is 0 Å². The lowest BCUT2D eigenvalue weighted by Gasteiger charge is -2.37. The van der Waals surface area contributed by atoms with E-state index in [1.165, 1.54) is 6.26 Å². The summed E-state index contributed by atoms with van der Waals surface area (Å²) in [6.45, 7) is 2.69. The van der Waals surface area contributed by atoms with Crippen LogP contribution in [-0.2, 0) is 9.53 Å². The molecule has 0 radical (unpaired) electrons. The van der Waals surface area contributed by atoms with Crippen LogP contribution in [0.2, 0.25) is 0 Å². The van der Waals surface area contributed by atoms with Gasteiger partial charge in [0.1, 0.15) is 0 Å². The average Bonchev–Trinajstić information content (AvgIpc) is 3.15. The highest BCUT2D eigenvalue weighted by atomic mass is 16.5. The average molecular weight is 303 g/mol. The van der Waals surface area contributed by atoms with Crippen molar-refractivity contribution in [3.8, 4) is 0 Å². The summed E-state index contributed by atoms with van der Waals surface area (Å²) in [5, 5.41) is 0. The fourth-order valence-electron chi connectivity index (χ4n) is 3.72. The van der Waals surface area contributed by atoms with Crippen LogP contribution in [0.15, 0.2) is 35.0 Å². The molecule has 1 saturated carbocycles. The zero-order valence-corrected chi connectivity index (χ0v) is 12.8. The summed E-state index contributed by atoms with van der Waals surface area (Å²) in [5.74, 6) is -0.0154. The lowest BCUT2D eigenvalue weighted by molar-refractivity contribution is -0.157. The number of hydrogen-bond donors (Lipinski definition) is 0. The van der Waals surface area contributed by atoms with Gasteiger partial charge in [-0.05, 0) is 38.3 Å². The van der Waals surface area contributed by atoms with Gasteiger partial charge in [0.15, 0.2) is 5.76 Å². The van der Waals surface area contributed by atoms with Crippen molar-refractivity contribution in [2.24, 2.45) is 5.41 Å². The zero-order valence-electron chi connectivity index (χ0n) is 12.8. The Hall–Kier alpha value is -2.04. The number of hydrogen-bond acceptors (Lipinski definition) is 4. The summed E-state index contributed by atoms with van der Waals surface area (Å²) in [6.07, 6.45) is 8.62. The Morgan fingerprint density at radius 3 is 3.05 bits per heavy atom. The topological polar surface area (TPSA) is 59.8 Å². The molecular weight excluding hydrogens is 282 g/mol. The van der Waals surface area contributed by atoms with Gasteiger partial charge in [0, 0.05) is 12.6 Å². The van der Waals surface area contributed by atoms with Crippen molar-refractivity contribution in [3.05, 3.63) is 36.3 Å². The van der Waals surface area contributed by atoms with E-state index in [0.717, 1.165) is 19.3 Å². The summed E-state index contributed by atoms with van der Waals surface area (Å²) in [7, 11) is 0. The molecule has 2 aliphatic rings. The molecule has 2 atom stereocenters. The minimum absolute atomic E-state index is 0.126. The minimum Gasteiger partial charge on any atom is -0.465 e. The molecule has 0 spiro atoms. The van der Waals surface area contributed by atoms with E-state index in [1.807, 2.05) is 19.1 Å². The molecular formula is C17H21NO4. The molecule has 22 heavy (non-hydrogen) atoms. The van der Waals surface area contributed by atoms with Crippen molar-refractivity contribution < 1.29 is 18.7 Å². The highest BCUT2D eigenvalue weighted by Gasteiger charge is 2.53. The van der Waals surface area contributed by atoms with Crippen LogP contribution in [0.3, 0.4) is 0 Å². The van der Waals surface area contributed by atoms with Crippen molar-refractivity contribution in [1.29, 1.82) is 0 Å². The first kappa shape index (κ1) is 14.9. The Morgan fingerprint density at radius 1 is 1.45 bits per heavy atom. The van der Waals surface area contributed by atoms with Gasteiger partial charge in [0.2, 0.25) is 0 Å². The number of carbonyl (C=O) groups excluding carboxylic acids is 2. The Balaban J connectivity index is 1.93. The fraction of sp³-hybridized carbons (Fsp3) is 0.529. The highest BCUT2D eigenvalue weighted by molar-refractivity contribution is 5.92. The van der Waals surface area contributed by atoms with E-state index < -0.39 is 5.41 Å². The van der Waals surface area contributed by atoms with Gasteiger partial charge in [0.05, 0.1) is 18.3 Å². The predicted molar refractivity (Wildman–Crippen MR) is 80.2 cm³/mol. The molecule has 0 N–H and O–H groups in total. The number of furan rings is 1. The van der Waals surface area contributed by atoms with E-state index in [0.29, 0.717) is 25.3 Å². The number of ether oxygens (including phenoxy) is 1. The van der Waals surface area contributed by atoms with E-state index in [1.54, 1.807) is 17.0 Å². The molecule has 0 bridgehead atoms. The van der Waals surface area contributed by atoms with E-state index in [4.69, 9.17) is 9.15 Å². The van der Waals surface area contributed by atoms with Gasteiger partial charge in [0.25, 0.3) is 5.91 Å². The Bertz CT molecular complexity index is 577. The van der Waals surface area contributed by atoms with Crippen molar-refractivity contribution in [2.75, 3.05) is 13.2 Å². The summed E-state index contributed by atoms with van der Waals surface area (Å²) in [5.41, 5.74) is -0.606. The first-order valence-corrected chi connectivity index (χ1v) is 7.86. The maximum atomic E-state index is 12.7. The van der Waals surface area contributed by atoms with Crippen LogP contribution in [0.5, 0.6) is 0 Å². The molecule has 5 nitrogen and oxygen atoms in total. The molecule has 1 fully saturated rings. The number of rotatable bonds is 3. The summed E-state index contributed by atoms with van der Waals surface area (Å²) < 4.78 is 10.6. The minimum atomic E-state index is -0.606. The third-order valence-corrected chi connectivity index (χ3v) is 4.74. The number of nitrogens with zero attached hydrogens (tertiary/aromatic N) is 1. The summed E-state index contributed by atoms with van der Waals surface area (Å²) in [4.78, 5) is 27.1. The Labute approximate surface area is 129 Å². The zero-order chi connectivity index (χ0) is 15.6. The van der Waals surface area contributed by atoms with Crippen LogP contribution in [0.4, 0.5) is 0 Å². The normalized spacial score (nSPS) is 27.3. The molecule has 1 aromatic rings. The molecule has 1 aromatic heterocycles. The van der Waals surface area contributed by atoms with Crippen molar-refractivity contribution >= 4 is 11.9 Å². The molecule has 0 aromatic carbocycles. The number of esters is 1. The van der Waals surface area contributed by atoms with Crippen LogP contribution < -0.4 is 0 Å². The fourth-order valence-corrected chi connectivity index (χ4v) is 3.72. The standard InChI is InChI=1S/C17H21NO4/c1-2-21-16(20)17-9-3-4-11-18(14(17)8-5-10-17)15(19)13-7-6-12-22-13/h3-4,6-7,12,14H,2,5,8-11H2,1H3/t14-,17-/m1/s1. The molecule has 1 aliphatic heterocycles. The molecule has 1 aliphatic carbocycles. The molecule has 0 unspecified atom stereocenters. The van der Waals surface area contributed by atoms with Gasteiger partial charge >= 0.3 is 5.97 Å². The molecule has 0 saturated heterocycles. The van der Waals surface area contributed by atoms with Gasteiger partial charge in [-0.1, -0.05) is 18.6 Å². The van der Waals surface area contributed by atoms with Gasteiger partial charge in [-0.25, -0.2) is 0 Å². The first-order valence-electron chi connectivity index (χ1n) is 7.86. The molecule has 5 heteroatoms. The quantitative estimate of drug-likeness (QED) is 0.636.